The van der Waals surface area contributed by atoms with Gasteiger partial charge in [0.1, 0.15) is 6.61 Å². The topological polar surface area (TPSA) is 73.2 Å². The zero-order valence-electron chi connectivity index (χ0n) is 14.3. The smallest absolute Gasteiger partial charge is 0.165 e. The van der Waals surface area contributed by atoms with Crippen molar-refractivity contribution in [1.29, 1.82) is 0 Å². The van der Waals surface area contributed by atoms with E-state index in [0.717, 1.165) is 16.7 Å². The Bertz CT molecular complexity index is 923. The standard InChI is InChI=1S/C20H21NO4S/c22-11-15(23)10-21-5-6-25-20-14(9-21)7-13(8-18(20)24)17-12-26-19-4-2-1-3-16(17)19/h1-4,7-8,12,15,22-24H,5-6,9-11H2/t15-/m0/s1. The molecule has 0 fully saturated rings. The number of hydrogen-bond acceptors (Lipinski definition) is 6. The van der Waals surface area contributed by atoms with E-state index in [-0.39, 0.29) is 12.4 Å². The summed E-state index contributed by atoms with van der Waals surface area (Å²) in [5.41, 5.74) is 2.93. The van der Waals surface area contributed by atoms with Crippen molar-refractivity contribution in [1.82, 2.24) is 4.90 Å². The Hall–Kier alpha value is -2.12. The molecule has 0 saturated heterocycles. The second kappa shape index (κ2) is 7.25. The molecule has 4 rings (SSSR count). The Morgan fingerprint density at radius 1 is 1.23 bits per heavy atom. The number of phenolic OH excluding ortho intramolecular Hbond substituents is 1. The Kier molecular flexibility index (Phi) is 4.82. The van der Waals surface area contributed by atoms with Gasteiger partial charge in [-0.05, 0) is 29.1 Å². The van der Waals surface area contributed by atoms with Crippen LogP contribution in [0.1, 0.15) is 5.56 Å². The first-order valence-electron chi connectivity index (χ1n) is 8.62. The van der Waals surface area contributed by atoms with E-state index in [0.29, 0.717) is 32.0 Å². The fourth-order valence-electron chi connectivity index (χ4n) is 3.42. The molecule has 136 valence electrons. The summed E-state index contributed by atoms with van der Waals surface area (Å²) in [6.45, 7) is 1.71. The van der Waals surface area contributed by atoms with Crippen molar-refractivity contribution in [2.45, 2.75) is 12.6 Å². The molecule has 3 N–H and O–H groups in total. The highest BCUT2D eigenvalue weighted by molar-refractivity contribution is 7.17. The first kappa shape index (κ1) is 17.3. The van der Waals surface area contributed by atoms with Crippen LogP contribution in [0, 0.1) is 0 Å². The van der Waals surface area contributed by atoms with Crippen LogP contribution in [0.25, 0.3) is 21.2 Å². The largest absolute Gasteiger partial charge is 0.504 e. The van der Waals surface area contributed by atoms with Crippen LogP contribution in [-0.2, 0) is 6.54 Å². The van der Waals surface area contributed by atoms with Gasteiger partial charge in [0.2, 0.25) is 0 Å². The molecule has 0 radical (unpaired) electrons. The number of aromatic hydroxyl groups is 1. The molecule has 0 spiro atoms. The molecule has 0 aliphatic carbocycles. The third-order valence-corrected chi connectivity index (χ3v) is 5.63. The highest BCUT2D eigenvalue weighted by Crippen LogP contribution is 2.41. The number of hydrogen-bond donors (Lipinski definition) is 3. The first-order chi connectivity index (χ1) is 12.7. The summed E-state index contributed by atoms with van der Waals surface area (Å²) in [5.74, 6) is 0.645. The van der Waals surface area contributed by atoms with Gasteiger partial charge in [-0.15, -0.1) is 11.3 Å². The van der Waals surface area contributed by atoms with Gasteiger partial charge in [0, 0.05) is 40.8 Å². The van der Waals surface area contributed by atoms with Crippen molar-refractivity contribution in [3.63, 3.8) is 0 Å². The van der Waals surface area contributed by atoms with Crippen LogP contribution in [0.2, 0.25) is 0 Å². The molecule has 0 amide bonds. The van der Waals surface area contributed by atoms with Crippen molar-refractivity contribution < 1.29 is 20.1 Å². The van der Waals surface area contributed by atoms with Crippen LogP contribution in [0.4, 0.5) is 0 Å². The van der Waals surface area contributed by atoms with Gasteiger partial charge in [-0.25, -0.2) is 0 Å². The number of benzene rings is 2. The Labute approximate surface area is 155 Å². The van der Waals surface area contributed by atoms with E-state index in [2.05, 4.69) is 17.5 Å². The van der Waals surface area contributed by atoms with Crippen molar-refractivity contribution in [3.8, 4) is 22.6 Å². The molecule has 0 unspecified atom stereocenters. The second-order valence-corrected chi connectivity index (χ2v) is 7.46. The van der Waals surface area contributed by atoms with Crippen LogP contribution in [0.5, 0.6) is 11.5 Å². The molecule has 0 bridgehead atoms. The molecule has 0 saturated carbocycles. The van der Waals surface area contributed by atoms with Gasteiger partial charge in [-0.1, -0.05) is 18.2 Å². The van der Waals surface area contributed by atoms with Crippen LogP contribution >= 0.6 is 11.3 Å². The Balaban J connectivity index is 1.72. The second-order valence-electron chi connectivity index (χ2n) is 6.55. The highest BCUT2D eigenvalue weighted by Gasteiger charge is 2.21. The molecule has 6 heteroatoms. The van der Waals surface area contributed by atoms with Crippen LogP contribution in [0.15, 0.2) is 41.8 Å². The van der Waals surface area contributed by atoms with Crippen LogP contribution in [-0.4, -0.2) is 52.6 Å². The van der Waals surface area contributed by atoms with Crippen molar-refractivity contribution in [3.05, 3.63) is 47.3 Å². The van der Waals surface area contributed by atoms with Crippen LogP contribution < -0.4 is 4.74 Å². The number of phenols is 1. The number of aliphatic hydroxyl groups excluding tert-OH is 2. The number of β-amino-alcohol motifs (C(OH)–C–C–N with tert-alkyl or cyclic N) is 1. The molecule has 5 nitrogen and oxygen atoms in total. The van der Waals surface area contributed by atoms with Gasteiger partial charge in [0.25, 0.3) is 0 Å². The predicted molar refractivity (Wildman–Crippen MR) is 103 cm³/mol. The SMILES string of the molecule is OC[C@@H](O)CN1CCOc2c(O)cc(-c3csc4ccccc34)cc2C1. The van der Waals surface area contributed by atoms with E-state index in [9.17, 15) is 10.2 Å². The summed E-state index contributed by atoms with van der Waals surface area (Å²) >= 11 is 1.68. The summed E-state index contributed by atoms with van der Waals surface area (Å²) in [5, 5.41) is 32.6. The maximum Gasteiger partial charge on any atom is 0.165 e. The average molecular weight is 371 g/mol. The van der Waals surface area contributed by atoms with Crippen LogP contribution in [0.3, 0.4) is 0 Å². The monoisotopic (exact) mass is 371 g/mol. The molecule has 1 aliphatic rings. The molecular formula is C20H21NO4S. The minimum atomic E-state index is -0.783. The summed E-state index contributed by atoms with van der Waals surface area (Å²) in [6, 6.07) is 12.0. The third kappa shape index (κ3) is 3.29. The molecule has 1 atom stereocenters. The van der Waals surface area contributed by atoms with E-state index in [1.54, 1.807) is 17.4 Å². The molecule has 3 aromatic rings. The molecular weight excluding hydrogens is 350 g/mol. The van der Waals surface area contributed by atoms with E-state index >= 15 is 0 Å². The summed E-state index contributed by atoms with van der Waals surface area (Å²) < 4.78 is 6.96. The number of fused-ring (bicyclic) bond motifs is 2. The molecule has 2 heterocycles. The number of rotatable bonds is 4. The van der Waals surface area contributed by atoms with E-state index in [1.165, 1.54) is 10.1 Å². The van der Waals surface area contributed by atoms with Crippen molar-refractivity contribution in [2.24, 2.45) is 0 Å². The molecule has 2 aromatic carbocycles. The fraction of sp³-hybridized carbons (Fsp3) is 0.300. The van der Waals surface area contributed by atoms with Gasteiger partial charge >= 0.3 is 0 Å². The van der Waals surface area contributed by atoms with E-state index in [1.807, 2.05) is 23.1 Å². The van der Waals surface area contributed by atoms with Crippen molar-refractivity contribution >= 4 is 21.4 Å². The van der Waals surface area contributed by atoms with E-state index < -0.39 is 6.10 Å². The minimum Gasteiger partial charge on any atom is -0.504 e. The summed E-state index contributed by atoms with van der Waals surface area (Å²) in [6.07, 6.45) is -0.783. The van der Waals surface area contributed by atoms with Gasteiger partial charge in [-0.2, -0.15) is 0 Å². The first-order valence-corrected chi connectivity index (χ1v) is 9.50. The molecule has 1 aliphatic heterocycles. The number of thiophene rings is 1. The quantitative estimate of drug-likeness (QED) is 0.658. The lowest BCUT2D eigenvalue weighted by Gasteiger charge is -2.21. The molecule has 1 aromatic heterocycles. The number of ether oxygens (including phenoxy) is 1. The lowest BCUT2D eigenvalue weighted by molar-refractivity contribution is 0.0551. The zero-order chi connectivity index (χ0) is 18.1. The normalized spacial score (nSPS) is 16.1. The highest BCUT2D eigenvalue weighted by atomic mass is 32.1. The Morgan fingerprint density at radius 3 is 2.92 bits per heavy atom. The lowest BCUT2D eigenvalue weighted by Crippen LogP contribution is -2.35. The third-order valence-electron chi connectivity index (χ3n) is 4.67. The van der Waals surface area contributed by atoms with Gasteiger partial charge in [0.15, 0.2) is 11.5 Å². The average Bonchev–Trinajstić information content (AvgIpc) is 2.96. The maximum atomic E-state index is 10.5. The number of nitrogens with zero attached hydrogens (tertiary/aromatic N) is 1. The Morgan fingerprint density at radius 2 is 2.08 bits per heavy atom. The van der Waals surface area contributed by atoms with Crippen molar-refractivity contribution in [2.75, 3.05) is 26.3 Å². The summed E-state index contributed by atoms with van der Waals surface area (Å²) in [7, 11) is 0. The van der Waals surface area contributed by atoms with Gasteiger partial charge in [-0.3, -0.25) is 4.90 Å². The van der Waals surface area contributed by atoms with Gasteiger partial charge in [0.05, 0.1) is 12.7 Å². The molecule has 26 heavy (non-hydrogen) atoms. The zero-order valence-corrected chi connectivity index (χ0v) is 15.1. The lowest BCUT2D eigenvalue weighted by atomic mass is 10.0. The van der Waals surface area contributed by atoms with E-state index in [4.69, 9.17) is 9.84 Å². The van der Waals surface area contributed by atoms with Gasteiger partial charge < -0.3 is 20.1 Å². The minimum absolute atomic E-state index is 0.136. The maximum absolute atomic E-state index is 10.5. The predicted octanol–water partition coefficient (Wildman–Crippen LogP) is 2.82. The number of aliphatic hydroxyl groups is 2. The fourth-order valence-corrected chi connectivity index (χ4v) is 4.39. The summed E-state index contributed by atoms with van der Waals surface area (Å²) in [4.78, 5) is 2.03.